The Morgan fingerprint density at radius 1 is 0.871 bits per heavy atom. The molecule has 31 heavy (non-hydrogen) atoms. The predicted molar refractivity (Wildman–Crippen MR) is 124 cm³/mol. The summed E-state index contributed by atoms with van der Waals surface area (Å²) in [5.41, 5.74) is 2.44. The monoisotopic (exact) mass is 411 g/mol. The normalized spacial score (nSPS) is 11.7. The lowest BCUT2D eigenvalue weighted by atomic mass is 10.1. The molecule has 4 nitrogen and oxygen atoms in total. The Morgan fingerprint density at radius 3 is 2.42 bits per heavy atom. The highest BCUT2D eigenvalue weighted by molar-refractivity contribution is 5.95. The van der Waals surface area contributed by atoms with Crippen LogP contribution in [0.15, 0.2) is 91.0 Å². The van der Waals surface area contributed by atoms with Crippen LogP contribution in [0.2, 0.25) is 0 Å². The zero-order valence-corrected chi connectivity index (χ0v) is 17.7. The largest absolute Gasteiger partial charge is 0.496 e. The Labute approximate surface area is 182 Å². The van der Waals surface area contributed by atoms with Gasteiger partial charge in [0.15, 0.2) is 0 Å². The quantitative estimate of drug-likeness (QED) is 0.411. The van der Waals surface area contributed by atoms with Crippen molar-refractivity contribution in [3.8, 4) is 11.5 Å². The van der Waals surface area contributed by atoms with E-state index in [1.807, 2.05) is 79.7 Å². The van der Waals surface area contributed by atoms with E-state index < -0.39 is 0 Å². The van der Waals surface area contributed by atoms with Crippen molar-refractivity contribution in [3.05, 3.63) is 108 Å². The van der Waals surface area contributed by atoms with E-state index >= 15 is 0 Å². The first kappa shape index (κ1) is 20.5. The van der Waals surface area contributed by atoms with E-state index in [1.165, 1.54) is 0 Å². The highest BCUT2D eigenvalue weighted by atomic mass is 16.5. The van der Waals surface area contributed by atoms with Gasteiger partial charge < -0.3 is 14.8 Å². The van der Waals surface area contributed by atoms with Gasteiger partial charge in [-0.15, -0.1) is 0 Å². The Balaban J connectivity index is 1.52. The molecule has 0 spiro atoms. The van der Waals surface area contributed by atoms with Crippen LogP contribution in [-0.2, 0) is 6.61 Å². The minimum atomic E-state index is -0.134. The van der Waals surface area contributed by atoms with Crippen LogP contribution in [0.5, 0.6) is 11.5 Å². The third-order valence-corrected chi connectivity index (χ3v) is 5.32. The van der Waals surface area contributed by atoms with Crippen molar-refractivity contribution in [1.29, 1.82) is 0 Å². The van der Waals surface area contributed by atoms with E-state index in [0.29, 0.717) is 17.9 Å². The maximum absolute atomic E-state index is 12.8. The Kier molecular flexibility index (Phi) is 6.18. The van der Waals surface area contributed by atoms with Gasteiger partial charge in [0.25, 0.3) is 5.91 Å². The highest BCUT2D eigenvalue weighted by Crippen LogP contribution is 2.28. The fourth-order valence-electron chi connectivity index (χ4n) is 3.61. The molecule has 1 amide bonds. The lowest BCUT2D eigenvalue weighted by molar-refractivity contribution is 0.0939. The van der Waals surface area contributed by atoms with Crippen LogP contribution >= 0.6 is 0 Å². The van der Waals surface area contributed by atoms with Crippen LogP contribution in [0, 0.1) is 0 Å². The van der Waals surface area contributed by atoms with Crippen molar-refractivity contribution < 1.29 is 14.3 Å². The molecule has 0 aromatic heterocycles. The molecular formula is C27H25NO3. The molecule has 156 valence electrons. The van der Waals surface area contributed by atoms with Crippen LogP contribution in [0.3, 0.4) is 0 Å². The number of fused-ring (bicyclic) bond motifs is 1. The molecule has 4 heteroatoms. The number of hydrogen-bond donors (Lipinski definition) is 1. The maximum atomic E-state index is 12.8. The summed E-state index contributed by atoms with van der Waals surface area (Å²) in [6.07, 6.45) is 0. The molecule has 0 fully saturated rings. The summed E-state index contributed by atoms with van der Waals surface area (Å²) in [6, 6.07) is 29.3. The van der Waals surface area contributed by atoms with Gasteiger partial charge in [0.05, 0.1) is 13.2 Å². The second-order valence-electron chi connectivity index (χ2n) is 7.40. The Morgan fingerprint density at radius 2 is 1.61 bits per heavy atom. The summed E-state index contributed by atoms with van der Waals surface area (Å²) in [6.45, 7) is 2.27. The van der Waals surface area contributed by atoms with Crippen LogP contribution < -0.4 is 14.8 Å². The molecule has 1 atom stereocenters. The number of amides is 1. The fraction of sp³-hybridized carbons (Fsp3) is 0.148. The average Bonchev–Trinajstić information content (AvgIpc) is 2.83. The third kappa shape index (κ3) is 4.69. The number of benzene rings is 4. The van der Waals surface area contributed by atoms with Gasteiger partial charge in [-0.25, -0.2) is 0 Å². The summed E-state index contributed by atoms with van der Waals surface area (Å²) >= 11 is 0. The van der Waals surface area contributed by atoms with Gasteiger partial charge in [-0.2, -0.15) is 0 Å². The summed E-state index contributed by atoms with van der Waals surface area (Å²) in [5.74, 6) is 1.35. The number of nitrogens with one attached hydrogen (secondary N) is 1. The minimum absolute atomic E-state index is 0.0915. The number of hydrogen-bond acceptors (Lipinski definition) is 3. The first-order valence-corrected chi connectivity index (χ1v) is 10.3. The first-order valence-electron chi connectivity index (χ1n) is 10.3. The van der Waals surface area contributed by atoms with Crippen molar-refractivity contribution >= 4 is 16.7 Å². The molecule has 0 heterocycles. The molecule has 0 aliphatic rings. The van der Waals surface area contributed by atoms with Gasteiger partial charge >= 0.3 is 0 Å². The standard InChI is InChI=1S/C27H25NO3/c1-19(20-9-4-3-5-10-20)28-27(29)22-15-16-25(30-2)23(17-22)18-31-26-14-8-12-21-11-6-7-13-24(21)26/h3-17,19H,18H2,1-2H3,(H,28,29)/t19-/m0/s1. The molecule has 0 saturated carbocycles. The van der Waals surface area contributed by atoms with E-state index in [9.17, 15) is 4.79 Å². The van der Waals surface area contributed by atoms with E-state index in [-0.39, 0.29) is 11.9 Å². The molecule has 0 saturated heterocycles. The van der Waals surface area contributed by atoms with Gasteiger partial charge in [0.1, 0.15) is 18.1 Å². The van der Waals surface area contributed by atoms with Gasteiger partial charge in [0.2, 0.25) is 0 Å². The number of methoxy groups -OCH3 is 1. The van der Waals surface area contributed by atoms with Crippen LogP contribution in [0.1, 0.15) is 34.5 Å². The van der Waals surface area contributed by atoms with Gasteiger partial charge in [0, 0.05) is 16.5 Å². The lowest BCUT2D eigenvalue weighted by Crippen LogP contribution is -2.26. The number of carbonyl (C=O) groups excluding carboxylic acids is 1. The van der Waals surface area contributed by atoms with Crippen LogP contribution in [0.25, 0.3) is 10.8 Å². The minimum Gasteiger partial charge on any atom is -0.496 e. The molecule has 0 bridgehead atoms. The van der Waals surface area contributed by atoms with Crippen LogP contribution in [-0.4, -0.2) is 13.0 Å². The first-order chi connectivity index (χ1) is 15.2. The molecule has 1 N–H and O–H groups in total. The second-order valence-corrected chi connectivity index (χ2v) is 7.40. The van der Waals surface area contributed by atoms with Gasteiger partial charge in [-0.3, -0.25) is 4.79 Å². The van der Waals surface area contributed by atoms with E-state index in [2.05, 4.69) is 17.4 Å². The molecule has 0 aliphatic heterocycles. The zero-order valence-electron chi connectivity index (χ0n) is 17.7. The van der Waals surface area contributed by atoms with E-state index in [4.69, 9.17) is 9.47 Å². The molecule has 0 aliphatic carbocycles. The molecule has 0 unspecified atom stereocenters. The fourth-order valence-corrected chi connectivity index (χ4v) is 3.61. The molecular weight excluding hydrogens is 386 g/mol. The highest BCUT2D eigenvalue weighted by Gasteiger charge is 2.14. The van der Waals surface area contributed by atoms with Crippen molar-refractivity contribution in [3.63, 3.8) is 0 Å². The van der Waals surface area contributed by atoms with Crippen LogP contribution in [0.4, 0.5) is 0 Å². The lowest BCUT2D eigenvalue weighted by Gasteiger charge is -2.16. The van der Waals surface area contributed by atoms with E-state index in [1.54, 1.807) is 13.2 Å². The van der Waals surface area contributed by atoms with Crippen molar-refractivity contribution in [2.45, 2.75) is 19.6 Å². The van der Waals surface area contributed by atoms with Crippen molar-refractivity contribution in [2.24, 2.45) is 0 Å². The zero-order chi connectivity index (χ0) is 21.6. The topological polar surface area (TPSA) is 47.6 Å². The molecule has 4 aromatic carbocycles. The number of ether oxygens (including phenoxy) is 2. The second kappa shape index (κ2) is 9.35. The number of rotatable bonds is 7. The van der Waals surface area contributed by atoms with Gasteiger partial charge in [-0.05, 0) is 42.1 Å². The van der Waals surface area contributed by atoms with Crippen molar-refractivity contribution in [1.82, 2.24) is 5.32 Å². The summed E-state index contributed by atoms with van der Waals surface area (Å²) < 4.78 is 11.6. The summed E-state index contributed by atoms with van der Waals surface area (Å²) in [4.78, 5) is 12.8. The van der Waals surface area contributed by atoms with Gasteiger partial charge in [-0.1, -0.05) is 66.7 Å². The SMILES string of the molecule is COc1ccc(C(=O)N[C@@H](C)c2ccccc2)cc1COc1cccc2ccccc12. The smallest absolute Gasteiger partial charge is 0.251 e. The Hall–Kier alpha value is -3.79. The maximum Gasteiger partial charge on any atom is 0.251 e. The van der Waals surface area contributed by atoms with E-state index in [0.717, 1.165) is 27.6 Å². The average molecular weight is 412 g/mol. The molecule has 4 aromatic rings. The molecule has 4 rings (SSSR count). The van der Waals surface area contributed by atoms with Crippen molar-refractivity contribution in [2.75, 3.05) is 7.11 Å². The number of carbonyl (C=O) groups is 1. The molecule has 0 radical (unpaired) electrons. The summed E-state index contributed by atoms with van der Waals surface area (Å²) in [7, 11) is 1.62. The Bertz CT molecular complexity index is 1180. The predicted octanol–water partition coefficient (Wildman–Crippen LogP) is 5.92. The third-order valence-electron chi connectivity index (χ3n) is 5.32. The summed E-state index contributed by atoms with van der Waals surface area (Å²) in [5, 5.41) is 5.23.